The van der Waals surface area contributed by atoms with Gasteiger partial charge in [-0.1, -0.05) is 17.7 Å². The molecule has 0 aliphatic heterocycles. The summed E-state index contributed by atoms with van der Waals surface area (Å²) >= 11 is 0. The summed E-state index contributed by atoms with van der Waals surface area (Å²) in [4.78, 5) is 4.53. The Morgan fingerprint density at radius 3 is 2.76 bits per heavy atom. The topological polar surface area (TPSA) is 29.9 Å². The average molecular weight is 229 g/mol. The molecular formula is C14H19N3. The molecule has 0 radical (unpaired) electrons. The summed E-state index contributed by atoms with van der Waals surface area (Å²) in [6.07, 6.45) is 1.94. The zero-order valence-electron chi connectivity index (χ0n) is 10.9. The van der Waals surface area contributed by atoms with Crippen LogP contribution in [0.2, 0.25) is 0 Å². The predicted octanol–water partition coefficient (Wildman–Crippen LogP) is 2.42. The second-order valence-electron chi connectivity index (χ2n) is 4.48. The van der Waals surface area contributed by atoms with E-state index in [1.54, 1.807) is 0 Å². The van der Waals surface area contributed by atoms with Crippen LogP contribution in [0.4, 0.5) is 0 Å². The Kier molecular flexibility index (Phi) is 3.29. The van der Waals surface area contributed by atoms with Crippen molar-refractivity contribution in [2.75, 3.05) is 7.05 Å². The Hall–Kier alpha value is -1.61. The maximum absolute atomic E-state index is 4.53. The van der Waals surface area contributed by atoms with Crippen molar-refractivity contribution >= 4 is 0 Å². The minimum atomic E-state index is 0.842. The van der Waals surface area contributed by atoms with Gasteiger partial charge in [-0.3, -0.25) is 0 Å². The van der Waals surface area contributed by atoms with Crippen molar-refractivity contribution in [3.05, 3.63) is 41.2 Å². The number of nitrogens with zero attached hydrogens (tertiary/aromatic N) is 2. The quantitative estimate of drug-likeness (QED) is 0.876. The van der Waals surface area contributed by atoms with E-state index in [9.17, 15) is 0 Å². The normalized spacial score (nSPS) is 10.8. The molecule has 1 N–H and O–H groups in total. The first-order valence-electron chi connectivity index (χ1n) is 5.86. The lowest BCUT2D eigenvalue weighted by atomic mass is 10.1. The van der Waals surface area contributed by atoms with Crippen molar-refractivity contribution in [2.45, 2.75) is 20.4 Å². The molecule has 0 saturated heterocycles. The van der Waals surface area contributed by atoms with E-state index in [2.05, 4.69) is 54.0 Å². The van der Waals surface area contributed by atoms with Gasteiger partial charge in [0.2, 0.25) is 0 Å². The number of imidazole rings is 1. The highest BCUT2D eigenvalue weighted by Crippen LogP contribution is 2.23. The molecule has 0 saturated carbocycles. The number of aryl methyl sites for hydroxylation is 2. The van der Waals surface area contributed by atoms with E-state index in [1.165, 1.54) is 22.4 Å². The zero-order valence-corrected chi connectivity index (χ0v) is 10.9. The maximum Gasteiger partial charge on any atom is 0.140 e. The molecule has 90 valence electrons. The fourth-order valence-corrected chi connectivity index (χ4v) is 2.02. The highest BCUT2D eigenvalue weighted by Gasteiger charge is 2.10. The SMILES string of the molecule is CNCc1cnc(-c2cc(C)ccc2C)n1C. The summed E-state index contributed by atoms with van der Waals surface area (Å²) in [5, 5.41) is 3.15. The summed E-state index contributed by atoms with van der Waals surface area (Å²) in [5.74, 6) is 1.04. The largest absolute Gasteiger partial charge is 0.330 e. The van der Waals surface area contributed by atoms with Crippen molar-refractivity contribution in [3.63, 3.8) is 0 Å². The van der Waals surface area contributed by atoms with Crippen LogP contribution in [-0.2, 0) is 13.6 Å². The Bertz CT molecular complexity index is 526. The molecule has 0 amide bonds. The van der Waals surface area contributed by atoms with E-state index in [-0.39, 0.29) is 0 Å². The number of hydrogen-bond acceptors (Lipinski definition) is 2. The van der Waals surface area contributed by atoms with Crippen LogP contribution in [0.15, 0.2) is 24.4 Å². The lowest BCUT2D eigenvalue weighted by Crippen LogP contribution is -2.09. The zero-order chi connectivity index (χ0) is 12.4. The Morgan fingerprint density at radius 2 is 2.06 bits per heavy atom. The van der Waals surface area contributed by atoms with Crippen molar-refractivity contribution < 1.29 is 0 Å². The standard InChI is InChI=1S/C14H19N3/c1-10-5-6-11(2)13(7-10)14-16-9-12(8-15-3)17(14)4/h5-7,9,15H,8H2,1-4H3. The van der Waals surface area contributed by atoms with Crippen LogP contribution in [0.25, 0.3) is 11.4 Å². The molecule has 3 nitrogen and oxygen atoms in total. The average Bonchev–Trinajstić information content (AvgIpc) is 2.65. The van der Waals surface area contributed by atoms with E-state index in [0.29, 0.717) is 0 Å². The maximum atomic E-state index is 4.53. The minimum absolute atomic E-state index is 0.842. The summed E-state index contributed by atoms with van der Waals surface area (Å²) < 4.78 is 2.15. The first-order valence-corrected chi connectivity index (χ1v) is 5.86. The molecule has 0 atom stereocenters. The number of benzene rings is 1. The lowest BCUT2D eigenvalue weighted by molar-refractivity contribution is 0.737. The van der Waals surface area contributed by atoms with Crippen LogP contribution >= 0.6 is 0 Å². The van der Waals surface area contributed by atoms with Crippen molar-refractivity contribution in [3.8, 4) is 11.4 Å². The van der Waals surface area contributed by atoms with Gasteiger partial charge in [0.15, 0.2) is 0 Å². The van der Waals surface area contributed by atoms with Gasteiger partial charge in [0.25, 0.3) is 0 Å². The molecule has 2 rings (SSSR count). The second kappa shape index (κ2) is 4.72. The van der Waals surface area contributed by atoms with Crippen LogP contribution in [0.3, 0.4) is 0 Å². The second-order valence-corrected chi connectivity index (χ2v) is 4.48. The summed E-state index contributed by atoms with van der Waals surface area (Å²) in [6, 6.07) is 6.48. The molecule has 1 heterocycles. The molecule has 0 bridgehead atoms. The monoisotopic (exact) mass is 229 g/mol. The molecule has 2 aromatic rings. The fourth-order valence-electron chi connectivity index (χ4n) is 2.02. The molecule has 1 aromatic heterocycles. The minimum Gasteiger partial charge on any atom is -0.330 e. The van der Waals surface area contributed by atoms with Crippen molar-refractivity contribution in [1.29, 1.82) is 0 Å². The van der Waals surface area contributed by atoms with E-state index >= 15 is 0 Å². The van der Waals surface area contributed by atoms with Gasteiger partial charge in [-0.2, -0.15) is 0 Å². The summed E-state index contributed by atoms with van der Waals surface area (Å²) in [7, 11) is 4.02. The van der Waals surface area contributed by atoms with Crippen molar-refractivity contribution in [1.82, 2.24) is 14.9 Å². The van der Waals surface area contributed by atoms with Gasteiger partial charge < -0.3 is 9.88 Å². The van der Waals surface area contributed by atoms with Gasteiger partial charge in [0.1, 0.15) is 5.82 Å². The molecular weight excluding hydrogens is 210 g/mol. The molecule has 0 aliphatic rings. The number of hydrogen-bond donors (Lipinski definition) is 1. The molecule has 0 fully saturated rings. The summed E-state index contributed by atoms with van der Waals surface area (Å²) in [6.45, 7) is 5.08. The van der Waals surface area contributed by atoms with Gasteiger partial charge >= 0.3 is 0 Å². The van der Waals surface area contributed by atoms with Crippen LogP contribution in [-0.4, -0.2) is 16.6 Å². The smallest absolute Gasteiger partial charge is 0.140 e. The Morgan fingerprint density at radius 1 is 1.29 bits per heavy atom. The fraction of sp³-hybridized carbons (Fsp3) is 0.357. The van der Waals surface area contributed by atoms with Crippen LogP contribution in [0.1, 0.15) is 16.8 Å². The third kappa shape index (κ3) is 2.24. The number of nitrogens with one attached hydrogen (secondary N) is 1. The first-order chi connectivity index (χ1) is 8.13. The van der Waals surface area contributed by atoms with Gasteiger partial charge in [0, 0.05) is 19.2 Å². The number of aromatic nitrogens is 2. The number of rotatable bonds is 3. The molecule has 0 spiro atoms. The van der Waals surface area contributed by atoms with Crippen LogP contribution < -0.4 is 5.32 Å². The lowest BCUT2D eigenvalue weighted by Gasteiger charge is -2.09. The Labute approximate surface area is 103 Å². The summed E-state index contributed by atoms with van der Waals surface area (Å²) in [5.41, 5.74) is 4.95. The van der Waals surface area contributed by atoms with E-state index in [0.717, 1.165) is 12.4 Å². The van der Waals surface area contributed by atoms with E-state index < -0.39 is 0 Å². The predicted molar refractivity (Wildman–Crippen MR) is 70.9 cm³/mol. The van der Waals surface area contributed by atoms with Crippen LogP contribution in [0, 0.1) is 13.8 Å². The molecule has 0 aliphatic carbocycles. The highest BCUT2D eigenvalue weighted by atomic mass is 15.1. The highest BCUT2D eigenvalue weighted by molar-refractivity contribution is 5.62. The molecule has 1 aromatic carbocycles. The van der Waals surface area contributed by atoms with E-state index in [1.807, 2.05) is 13.2 Å². The molecule has 17 heavy (non-hydrogen) atoms. The third-order valence-corrected chi connectivity index (χ3v) is 3.08. The molecule has 3 heteroatoms. The Balaban J connectivity index is 2.49. The van der Waals surface area contributed by atoms with E-state index in [4.69, 9.17) is 0 Å². The van der Waals surface area contributed by atoms with Gasteiger partial charge in [-0.25, -0.2) is 4.98 Å². The third-order valence-electron chi connectivity index (χ3n) is 3.08. The molecule has 0 unspecified atom stereocenters. The van der Waals surface area contributed by atoms with Gasteiger partial charge in [-0.05, 0) is 32.5 Å². The van der Waals surface area contributed by atoms with Gasteiger partial charge in [-0.15, -0.1) is 0 Å². The van der Waals surface area contributed by atoms with Crippen molar-refractivity contribution in [2.24, 2.45) is 7.05 Å². The van der Waals surface area contributed by atoms with Crippen LogP contribution in [0.5, 0.6) is 0 Å². The van der Waals surface area contributed by atoms with Gasteiger partial charge in [0.05, 0.1) is 11.9 Å². The first kappa shape index (κ1) is 11.9.